The van der Waals surface area contributed by atoms with Crippen molar-refractivity contribution in [3.63, 3.8) is 0 Å². The molecule has 0 aliphatic heterocycles. The third-order valence-corrected chi connectivity index (χ3v) is 2.29. The first-order valence-corrected chi connectivity index (χ1v) is 5.02. The quantitative estimate of drug-likeness (QED) is 0.771. The van der Waals surface area contributed by atoms with Gasteiger partial charge in [-0.1, -0.05) is 35.4 Å². The van der Waals surface area contributed by atoms with Crippen LogP contribution in [0.3, 0.4) is 0 Å². The van der Waals surface area contributed by atoms with Gasteiger partial charge in [-0.15, -0.1) is 0 Å². The minimum Gasteiger partial charge on any atom is -0.316 e. The predicted molar refractivity (Wildman–Crippen MR) is 63.5 cm³/mol. The summed E-state index contributed by atoms with van der Waals surface area (Å²) in [5, 5.41) is 3.15. The molecule has 1 N–H and O–H groups in total. The van der Waals surface area contributed by atoms with E-state index in [9.17, 15) is 0 Å². The highest BCUT2D eigenvalue weighted by Crippen LogP contribution is 2.14. The van der Waals surface area contributed by atoms with Gasteiger partial charge in [-0.3, -0.25) is 0 Å². The summed E-state index contributed by atoms with van der Waals surface area (Å²) in [4.78, 5) is 0. The minimum atomic E-state index is 0.952. The third-order valence-electron chi connectivity index (χ3n) is 2.29. The number of aryl methyl sites for hydroxylation is 2. The Labute approximate surface area is 86.8 Å². The molecule has 0 radical (unpaired) electrons. The first kappa shape index (κ1) is 11.0. The molecule has 0 fully saturated rings. The Hall–Kier alpha value is -1.08. The van der Waals surface area contributed by atoms with Crippen LogP contribution in [0.2, 0.25) is 0 Å². The zero-order valence-electron chi connectivity index (χ0n) is 9.52. The van der Waals surface area contributed by atoms with Crippen LogP contribution in [0.1, 0.15) is 23.6 Å². The molecule has 0 amide bonds. The van der Waals surface area contributed by atoms with Crippen molar-refractivity contribution in [3.8, 4) is 0 Å². The maximum atomic E-state index is 3.15. The van der Waals surface area contributed by atoms with E-state index in [-0.39, 0.29) is 0 Å². The first-order valence-electron chi connectivity index (χ1n) is 5.02. The number of likely N-dealkylation sites (N-methyl/N-ethyl adjacent to an activating group) is 1. The second kappa shape index (κ2) is 4.97. The molecule has 1 heteroatoms. The molecule has 1 nitrogen and oxygen atoms in total. The van der Waals surface area contributed by atoms with Gasteiger partial charge < -0.3 is 5.32 Å². The molecular weight excluding hydrogens is 170 g/mol. The van der Waals surface area contributed by atoms with Crippen LogP contribution in [0.15, 0.2) is 23.8 Å². The van der Waals surface area contributed by atoms with E-state index in [0.717, 1.165) is 6.54 Å². The topological polar surface area (TPSA) is 12.0 Å². The monoisotopic (exact) mass is 189 g/mol. The molecule has 0 aliphatic carbocycles. The van der Waals surface area contributed by atoms with Crippen LogP contribution >= 0.6 is 0 Å². The van der Waals surface area contributed by atoms with Crippen molar-refractivity contribution in [1.82, 2.24) is 5.32 Å². The van der Waals surface area contributed by atoms with Crippen molar-refractivity contribution >= 4 is 6.08 Å². The number of hydrogen-bond acceptors (Lipinski definition) is 1. The molecule has 0 heterocycles. The molecule has 14 heavy (non-hydrogen) atoms. The van der Waals surface area contributed by atoms with E-state index in [1.165, 1.54) is 22.3 Å². The molecule has 0 bridgehead atoms. The van der Waals surface area contributed by atoms with E-state index >= 15 is 0 Å². The summed E-state index contributed by atoms with van der Waals surface area (Å²) in [6, 6.07) is 6.56. The summed E-state index contributed by atoms with van der Waals surface area (Å²) in [6.07, 6.45) is 2.25. The van der Waals surface area contributed by atoms with Crippen molar-refractivity contribution < 1.29 is 0 Å². The van der Waals surface area contributed by atoms with E-state index < -0.39 is 0 Å². The van der Waals surface area contributed by atoms with Gasteiger partial charge in [-0.2, -0.15) is 0 Å². The second-order valence-electron chi connectivity index (χ2n) is 3.88. The Morgan fingerprint density at radius 3 is 2.71 bits per heavy atom. The van der Waals surface area contributed by atoms with E-state index in [1.807, 2.05) is 7.05 Å². The normalized spacial score (nSPS) is 11.9. The lowest BCUT2D eigenvalue weighted by Gasteiger charge is -2.04. The van der Waals surface area contributed by atoms with Gasteiger partial charge in [0.2, 0.25) is 0 Å². The summed E-state index contributed by atoms with van der Waals surface area (Å²) in [6.45, 7) is 7.38. The van der Waals surface area contributed by atoms with E-state index in [2.05, 4.69) is 50.4 Å². The minimum absolute atomic E-state index is 0.952. The molecule has 0 atom stereocenters. The molecule has 0 spiro atoms. The summed E-state index contributed by atoms with van der Waals surface area (Å²) < 4.78 is 0. The van der Waals surface area contributed by atoms with Crippen LogP contribution in [0, 0.1) is 13.8 Å². The van der Waals surface area contributed by atoms with Crippen LogP contribution in [-0.4, -0.2) is 13.6 Å². The van der Waals surface area contributed by atoms with Crippen molar-refractivity contribution in [2.45, 2.75) is 20.8 Å². The van der Waals surface area contributed by atoms with Gasteiger partial charge in [-0.05, 0) is 38.9 Å². The molecule has 0 aromatic heterocycles. The van der Waals surface area contributed by atoms with Crippen molar-refractivity contribution in [1.29, 1.82) is 0 Å². The van der Waals surface area contributed by atoms with Gasteiger partial charge in [0.15, 0.2) is 0 Å². The van der Waals surface area contributed by atoms with Crippen LogP contribution in [0.25, 0.3) is 6.08 Å². The zero-order valence-corrected chi connectivity index (χ0v) is 9.52. The smallest absolute Gasteiger partial charge is 0.0162 e. The Bertz CT molecular complexity index is 337. The number of rotatable bonds is 3. The number of hydrogen-bond donors (Lipinski definition) is 1. The highest BCUT2D eigenvalue weighted by atomic mass is 14.8. The fourth-order valence-electron chi connectivity index (χ4n) is 1.51. The molecule has 0 saturated heterocycles. The van der Waals surface area contributed by atoms with Gasteiger partial charge in [0.1, 0.15) is 0 Å². The predicted octanol–water partition coefficient (Wildman–Crippen LogP) is 2.93. The lowest BCUT2D eigenvalue weighted by atomic mass is 10.0. The highest BCUT2D eigenvalue weighted by molar-refractivity contribution is 5.57. The maximum Gasteiger partial charge on any atom is 0.0162 e. The van der Waals surface area contributed by atoms with Crippen LogP contribution in [-0.2, 0) is 0 Å². The SMILES string of the molecule is CNCC(C)=Cc1cc(C)ccc1C. The van der Waals surface area contributed by atoms with Crippen LogP contribution in [0.4, 0.5) is 0 Å². The van der Waals surface area contributed by atoms with Crippen molar-refractivity contribution in [2.24, 2.45) is 0 Å². The number of nitrogens with one attached hydrogen (secondary N) is 1. The third kappa shape index (κ3) is 3.00. The largest absolute Gasteiger partial charge is 0.316 e. The molecule has 1 rings (SSSR count). The lowest BCUT2D eigenvalue weighted by Crippen LogP contribution is -2.08. The van der Waals surface area contributed by atoms with E-state index in [0.29, 0.717) is 0 Å². The summed E-state index contributed by atoms with van der Waals surface area (Å²) in [5.41, 5.74) is 5.35. The van der Waals surface area contributed by atoms with E-state index in [1.54, 1.807) is 0 Å². The van der Waals surface area contributed by atoms with Gasteiger partial charge in [0, 0.05) is 6.54 Å². The first-order chi connectivity index (χ1) is 6.63. The fraction of sp³-hybridized carbons (Fsp3) is 0.385. The second-order valence-corrected chi connectivity index (χ2v) is 3.88. The molecule has 1 aromatic carbocycles. The maximum absolute atomic E-state index is 3.15. The Kier molecular flexibility index (Phi) is 3.90. The lowest BCUT2D eigenvalue weighted by molar-refractivity contribution is 0.884. The average Bonchev–Trinajstić information content (AvgIpc) is 2.12. The summed E-state index contributed by atoms with van der Waals surface area (Å²) in [5.74, 6) is 0. The molecule has 0 aliphatic rings. The molecule has 0 unspecified atom stereocenters. The molecule has 0 saturated carbocycles. The molecule has 76 valence electrons. The van der Waals surface area contributed by atoms with Crippen molar-refractivity contribution in [3.05, 3.63) is 40.5 Å². The summed E-state index contributed by atoms with van der Waals surface area (Å²) >= 11 is 0. The van der Waals surface area contributed by atoms with Gasteiger partial charge in [-0.25, -0.2) is 0 Å². The molecular formula is C13H19N. The van der Waals surface area contributed by atoms with Gasteiger partial charge in [0.25, 0.3) is 0 Å². The highest BCUT2D eigenvalue weighted by Gasteiger charge is 1.96. The van der Waals surface area contributed by atoms with Gasteiger partial charge >= 0.3 is 0 Å². The number of benzene rings is 1. The van der Waals surface area contributed by atoms with Gasteiger partial charge in [0.05, 0.1) is 0 Å². The zero-order chi connectivity index (χ0) is 10.6. The van der Waals surface area contributed by atoms with Crippen molar-refractivity contribution in [2.75, 3.05) is 13.6 Å². The van der Waals surface area contributed by atoms with Crippen LogP contribution < -0.4 is 5.32 Å². The Balaban J connectivity index is 2.95. The average molecular weight is 189 g/mol. The standard InChI is InChI=1S/C13H19N/c1-10-5-6-12(3)13(7-10)8-11(2)9-14-4/h5-8,14H,9H2,1-4H3. The molecule has 1 aromatic rings. The fourth-order valence-corrected chi connectivity index (χ4v) is 1.51. The Morgan fingerprint density at radius 1 is 1.36 bits per heavy atom. The van der Waals surface area contributed by atoms with E-state index in [4.69, 9.17) is 0 Å². The Morgan fingerprint density at radius 2 is 2.07 bits per heavy atom. The summed E-state index contributed by atoms with van der Waals surface area (Å²) in [7, 11) is 1.97. The van der Waals surface area contributed by atoms with Crippen LogP contribution in [0.5, 0.6) is 0 Å².